The van der Waals surface area contributed by atoms with E-state index in [2.05, 4.69) is 10.3 Å². The van der Waals surface area contributed by atoms with Gasteiger partial charge in [-0.15, -0.1) is 0 Å². The summed E-state index contributed by atoms with van der Waals surface area (Å²) in [5.74, 6) is 0.706. The number of pyridine rings is 1. The van der Waals surface area contributed by atoms with Gasteiger partial charge in [0.2, 0.25) is 5.91 Å². The third kappa shape index (κ3) is 2.98. The molecule has 0 atom stereocenters. The maximum Gasteiger partial charge on any atom is 0.251 e. The van der Waals surface area contributed by atoms with Crippen LogP contribution in [-0.4, -0.2) is 27.7 Å². The number of benzene rings is 1. The van der Waals surface area contributed by atoms with Crippen molar-refractivity contribution in [3.05, 3.63) is 66.2 Å². The highest BCUT2D eigenvalue weighted by atomic mass is 16.2. The monoisotopic (exact) mass is 334 g/mol. The Morgan fingerprint density at radius 1 is 1.20 bits per heavy atom. The Labute approximate surface area is 145 Å². The molecule has 1 fully saturated rings. The third-order valence-electron chi connectivity index (χ3n) is 4.42. The molecular formula is C19H18N4O2. The van der Waals surface area contributed by atoms with E-state index in [0.29, 0.717) is 25.1 Å². The standard InChI is InChI=1S/C19H18N4O2/c24-18-8-4-10-23(18)15-7-3-5-14(11-15)19(25)21-13-17-20-12-16-6-1-2-9-22(16)17/h1-3,5-7,9,11-12H,4,8,10,13H2,(H,21,25). The third-order valence-corrected chi connectivity index (χ3v) is 4.42. The first-order valence-electron chi connectivity index (χ1n) is 8.32. The molecule has 0 saturated carbocycles. The number of aromatic nitrogens is 2. The normalized spacial score (nSPS) is 14.2. The van der Waals surface area contributed by atoms with E-state index in [4.69, 9.17) is 0 Å². The summed E-state index contributed by atoms with van der Waals surface area (Å²) in [6.07, 6.45) is 5.14. The smallest absolute Gasteiger partial charge is 0.251 e. The van der Waals surface area contributed by atoms with E-state index >= 15 is 0 Å². The fraction of sp³-hybridized carbons (Fsp3) is 0.211. The van der Waals surface area contributed by atoms with Crippen molar-refractivity contribution in [2.45, 2.75) is 19.4 Å². The number of carbonyl (C=O) groups is 2. The van der Waals surface area contributed by atoms with Gasteiger partial charge < -0.3 is 14.6 Å². The van der Waals surface area contributed by atoms with Crippen LogP contribution in [0.4, 0.5) is 5.69 Å². The number of hydrogen-bond acceptors (Lipinski definition) is 3. The van der Waals surface area contributed by atoms with Gasteiger partial charge in [0, 0.05) is 30.4 Å². The minimum atomic E-state index is -0.179. The van der Waals surface area contributed by atoms with Crippen LogP contribution in [0, 0.1) is 0 Å². The fourth-order valence-electron chi connectivity index (χ4n) is 3.13. The molecule has 0 radical (unpaired) electrons. The van der Waals surface area contributed by atoms with Gasteiger partial charge in [-0.05, 0) is 36.8 Å². The Morgan fingerprint density at radius 2 is 2.12 bits per heavy atom. The zero-order valence-electron chi connectivity index (χ0n) is 13.7. The van der Waals surface area contributed by atoms with Crippen LogP contribution in [0.3, 0.4) is 0 Å². The van der Waals surface area contributed by atoms with E-state index in [1.807, 2.05) is 34.9 Å². The maximum absolute atomic E-state index is 12.5. The Bertz CT molecular complexity index is 947. The summed E-state index contributed by atoms with van der Waals surface area (Å²) in [7, 11) is 0. The Hall–Kier alpha value is -3.15. The summed E-state index contributed by atoms with van der Waals surface area (Å²) in [5.41, 5.74) is 2.31. The average Bonchev–Trinajstić information content (AvgIpc) is 3.26. The van der Waals surface area contributed by atoms with Crippen LogP contribution >= 0.6 is 0 Å². The number of carbonyl (C=O) groups excluding carboxylic acids is 2. The lowest BCUT2D eigenvalue weighted by Gasteiger charge is -2.16. The predicted octanol–water partition coefficient (Wildman–Crippen LogP) is 2.39. The number of nitrogens with one attached hydrogen (secondary N) is 1. The van der Waals surface area contributed by atoms with Crippen molar-refractivity contribution < 1.29 is 9.59 Å². The first-order chi connectivity index (χ1) is 12.2. The molecule has 0 aliphatic carbocycles. The number of rotatable bonds is 4. The van der Waals surface area contributed by atoms with Gasteiger partial charge in [-0.3, -0.25) is 9.59 Å². The van der Waals surface area contributed by atoms with Gasteiger partial charge in [0.05, 0.1) is 18.3 Å². The second-order valence-electron chi connectivity index (χ2n) is 6.05. The van der Waals surface area contributed by atoms with Crippen LogP contribution in [-0.2, 0) is 11.3 Å². The molecule has 3 heterocycles. The zero-order valence-corrected chi connectivity index (χ0v) is 13.7. The highest BCUT2D eigenvalue weighted by molar-refractivity contribution is 5.99. The Morgan fingerprint density at radius 3 is 2.96 bits per heavy atom. The van der Waals surface area contributed by atoms with Crippen LogP contribution in [0.15, 0.2) is 54.9 Å². The molecule has 2 amide bonds. The molecule has 3 aromatic rings. The summed E-state index contributed by atoms with van der Waals surface area (Å²) in [5, 5.41) is 2.90. The molecule has 25 heavy (non-hydrogen) atoms. The Balaban J connectivity index is 1.49. The number of amides is 2. The number of nitrogens with zero attached hydrogens (tertiary/aromatic N) is 3. The van der Waals surface area contributed by atoms with Gasteiger partial charge >= 0.3 is 0 Å². The minimum absolute atomic E-state index is 0.112. The van der Waals surface area contributed by atoms with Crippen LogP contribution in [0.1, 0.15) is 29.0 Å². The highest BCUT2D eigenvalue weighted by Crippen LogP contribution is 2.22. The lowest BCUT2D eigenvalue weighted by Crippen LogP contribution is -2.26. The quantitative estimate of drug-likeness (QED) is 0.797. The molecular weight excluding hydrogens is 316 g/mol. The topological polar surface area (TPSA) is 66.7 Å². The molecule has 1 N–H and O–H groups in total. The summed E-state index contributed by atoms with van der Waals surface area (Å²) < 4.78 is 1.94. The lowest BCUT2D eigenvalue weighted by atomic mass is 10.1. The predicted molar refractivity (Wildman–Crippen MR) is 94.4 cm³/mol. The van der Waals surface area contributed by atoms with Crippen LogP contribution in [0.2, 0.25) is 0 Å². The second kappa shape index (κ2) is 6.39. The van der Waals surface area contributed by atoms with Crippen molar-refractivity contribution in [3.8, 4) is 0 Å². The highest BCUT2D eigenvalue weighted by Gasteiger charge is 2.22. The van der Waals surface area contributed by atoms with Crippen LogP contribution in [0.25, 0.3) is 5.52 Å². The second-order valence-corrected chi connectivity index (χ2v) is 6.05. The van der Waals surface area contributed by atoms with E-state index in [1.165, 1.54) is 0 Å². The number of fused-ring (bicyclic) bond motifs is 1. The molecule has 1 aliphatic rings. The molecule has 6 heteroatoms. The van der Waals surface area contributed by atoms with Crippen molar-refractivity contribution in [2.24, 2.45) is 0 Å². The summed E-state index contributed by atoms with van der Waals surface area (Å²) in [6, 6.07) is 13.0. The average molecular weight is 334 g/mol. The SMILES string of the molecule is O=C(NCc1ncc2ccccn12)c1cccc(N2CCCC2=O)c1. The van der Waals surface area contributed by atoms with Gasteiger partial charge in [-0.1, -0.05) is 12.1 Å². The van der Waals surface area contributed by atoms with Crippen LogP contribution in [0.5, 0.6) is 0 Å². The molecule has 1 aromatic carbocycles. The summed E-state index contributed by atoms with van der Waals surface area (Å²) in [6.45, 7) is 1.05. The zero-order chi connectivity index (χ0) is 17.2. The van der Waals surface area contributed by atoms with Crippen molar-refractivity contribution in [1.82, 2.24) is 14.7 Å². The van der Waals surface area contributed by atoms with Crippen molar-refractivity contribution in [3.63, 3.8) is 0 Å². The van der Waals surface area contributed by atoms with E-state index in [0.717, 1.165) is 23.4 Å². The maximum atomic E-state index is 12.5. The van der Waals surface area contributed by atoms with Gasteiger partial charge in [0.25, 0.3) is 5.91 Å². The molecule has 2 aromatic heterocycles. The van der Waals surface area contributed by atoms with Gasteiger partial charge in [0.15, 0.2) is 0 Å². The van der Waals surface area contributed by atoms with E-state index in [-0.39, 0.29) is 11.8 Å². The largest absolute Gasteiger partial charge is 0.345 e. The first kappa shape index (κ1) is 15.4. The van der Waals surface area contributed by atoms with E-state index in [9.17, 15) is 9.59 Å². The van der Waals surface area contributed by atoms with Gasteiger partial charge in [-0.25, -0.2) is 4.98 Å². The molecule has 6 nitrogen and oxygen atoms in total. The molecule has 4 rings (SSSR count). The minimum Gasteiger partial charge on any atom is -0.345 e. The number of hydrogen-bond donors (Lipinski definition) is 1. The number of anilines is 1. The summed E-state index contributed by atoms with van der Waals surface area (Å²) in [4.78, 5) is 30.4. The molecule has 126 valence electrons. The van der Waals surface area contributed by atoms with E-state index in [1.54, 1.807) is 29.3 Å². The molecule has 0 bridgehead atoms. The van der Waals surface area contributed by atoms with Gasteiger partial charge in [0.1, 0.15) is 5.82 Å². The summed E-state index contributed by atoms with van der Waals surface area (Å²) >= 11 is 0. The van der Waals surface area contributed by atoms with Gasteiger partial charge in [-0.2, -0.15) is 0 Å². The molecule has 0 unspecified atom stereocenters. The van der Waals surface area contributed by atoms with Crippen molar-refractivity contribution >= 4 is 23.0 Å². The first-order valence-corrected chi connectivity index (χ1v) is 8.32. The van der Waals surface area contributed by atoms with Crippen molar-refractivity contribution in [1.29, 1.82) is 0 Å². The van der Waals surface area contributed by atoms with E-state index < -0.39 is 0 Å². The van der Waals surface area contributed by atoms with Crippen LogP contribution < -0.4 is 10.2 Å². The number of imidazole rings is 1. The Kier molecular flexibility index (Phi) is 3.93. The fourth-order valence-corrected chi connectivity index (χ4v) is 3.13. The van der Waals surface area contributed by atoms with Crippen molar-refractivity contribution in [2.75, 3.05) is 11.4 Å². The molecule has 0 spiro atoms. The molecule has 1 saturated heterocycles. The molecule has 1 aliphatic heterocycles. The lowest BCUT2D eigenvalue weighted by molar-refractivity contribution is -0.117.